The van der Waals surface area contributed by atoms with Crippen molar-refractivity contribution in [2.24, 2.45) is 4.99 Å². The first-order chi connectivity index (χ1) is 18.7. The van der Waals surface area contributed by atoms with E-state index in [1.807, 2.05) is 6.92 Å². The van der Waals surface area contributed by atoms with Crippen molar-refractivity contribution >= 4 is 62.0 Å². The highest BCUT2D eigenvalue weighted by atomic mass is 79.9. The molecule has 5 rings (SSSR count). The van der Waals surface area contributed by atoms with Crippen molar-refractivity contribution in [3.8, 4) is 11.5 Å². The summed E-state index contributed by atoms with van der Waals surface area (Å²) in [7, 11) is 1.53. The van der Waals surface area contributed by atoms with Crippen LogP contribution >= 0.6 is 38.9 Å². The molecule has 0 spiro atoms. The van der Waals surface area contributed by atoms with Gasteiger partial charge in [-0.15, -0.1) is 0 Å². The average molecular weight is 633 g/mol. The summed E-state index contributed by atoms with van der Waals surface area (Å²) >= 11 is 10.9. The van der Waals surface area contributed by atoms with Crippen LogP contribution in [0.25, 0.3) is 5.57 Å². The van der Waals surface area contributed by atoms with Crippen LogP contribution in [-0.4, -0.2) is 36.8 Å². The molecule has 9 nitrogen and oxygen atoms in total. The van der Waals surface area contributed by atoms with E-state index in [1.165, 1.54) is 11.7 Å². The Hall–Kier alpha value is -3.41. The zero-order chi connectivity index (χ0) is 28.0. The molecule has 1 N–H and O–H groups in total. The molecule has 0 fully saturated rings. The molecule has 1 amide bonds. The Balaban J connectivity index is 1.85. The summed E-state index contributed by atoms with van der Waals surface area (Å²) in [4.78, 5) is 45.4. The van der Waals surface area contributed by atoms with Crippen LogP contribution in [0.3, 0.4) is 0 Å². The van der Waals surface area contributed by atoms with Crippen LogP contribution in [0, 0.1) is 0 Å². The molecule has 2 aliphatic rings. The Kier molecular flexibility index (Phi) is 7.41. The van der Waals surface area contributed by atoms with Crippen molar-refractivity contribution in [2.75, 3.05) is 25.6 Å². The van der Waals surface area contributed by atoms with E-state index in [4.69, 9.17) is 25.8 Å². The lowest BCUT2D eigenvalue weighted by Crippen LogP contribution is -2.40. The fourth-order valence-electron chi connectivity index (χ4n) is 4.69. The molecular formula is C27H23BrClN3O6S. The summed E-state index contributed by atoms with van der Waals surface area (Å²) in [6.45, 7) is 5.76. The number of aromatic nitrogens is 1. The number of anilines is 1. The van der Waals surface area contributed by atoms with Crippen LogP contribution in [0.15, 0.2) is 55.9 Å². The fourth-order valence-corrected chi connectivity index (χ4v) is 6.54. The Morgan fingerprint density at radius 3 is 2.64 bits per heavy atom. The number of hydrogen-bond donors (Lipinski definition) is 1. The van der Waals surface area contributed by atoms with Gasteiger partial charge in [-0.3, -0.25) is 14.2 Å². The normalized spacial score (nSPS) is 17.3. The number of halogens is 2. The molecule has 1 aromatic heterocycles. The SMILES string of the molecule is CCOC(=O)C1=C(C)N=c2s/c(=C3\C(=O)Nc4ccc(Cl)cc43)c(=O)n2[C@H]1c1cc(OCC)c(OC)cc1Br. The van der Waals surface area contributed by atoms with Crippen LogP contribution in [0.1, 0.15) is 37.9 Å². The fraction of sp³-hybridized carbons (Fsp3) is 0.259. The molecule has 1 atom stereocenters. The number of methoxy groups -OCH3 is 1. The summed E-state index contributed by atoms with van der Waals surface area (Å²) in [5, 5.41) is 3.22. The van der Waals surface area contributed by atoms with E-state index in [0.717, 1.165) is 11.3 Å². The molecule has 3 heterocycles. The number of benzene rings is 2. The molecule has 0 saturated heterocycles. The van der Waals surface area contributed by atoms with Gasteiger partial charge in [-0.1, -0.05) is 38.9 Å². The van der Waals surface area contributed by atoms with Crippen LogP contribution in [-0.2, 0) is 14.3 Å². The predicted octanol–water partition coefficient (Wildman–Crippen LogP) is 3.94. The van der Waals surface area contributed by atoms with E-state index in [1.54, 1.807) is 44.2 Å². The maximum absolute atomic E-state index is 14.1. The number of carbonyl (C=O) groups excluding carboxylic acids is 2. The number of amides is 1. The highest BCUT2D eigenvalue weighted by Gasteiger charge is 2.36. The van der Waals surface area contributed by atoms with Gasteiger partial charge in [0.15, 0.2) is 16.3 Å². The third kappa shape index (κ3) is 4.58. The van der Waals surface area contributed by atoms with Gasteiger partial charge in [0.1, 0.15) is 4.53 Å². The molecule has 2 aliphatic heterocycles. The topological polar surface area (TPSA) is 108 Å². The number of esters is 1. The Bertz CT molecular complexity index is 1760. The monoisotopic (exact) mass is 631 g/mol. The zero-order valence-corrected chi connectivity index (χ0v) is 24.5. The lowest BCUT2D eigenvalue weighted by Gasteiger charge is -2.26. The van der Waals surface area contributed by atoms with Crippen molar-refractivity contribution in [2.45, 2.75) is 26.8 Å². The summed E-state index contributed by atoms with van der Waals surface area (Å²) in [6, 6.07) is 7.53. The third-order valence-corrected chi connectivity index (χ3v) is 8.30. The maximum atomic E-state index is 14.1. The van der Waals surface area contributed by atoms with Crippen molar-refractivity contribution in [3.63, 3.8) is 0 Å². The highest BCUT2D eigenvalue weighted by molar-refractivity contribution is 9.10. The van der Waals surface area contributed by atoms with Crippen molar-refractivity contribution < 1.29 is 23.8 Å². The van der Waals surface area contributed by atoms with Gasteiger partial charge < -0.3 is 19.5 Å². The van der Waals surface area contributed by atoms with Gasteiger partial charge in [0.2, 0.25) is 0 Å². The van der Waals surface area contributed by atoms with E-state index >= 15 is 0 Å². The van der Waals surface area contributed by atoms with Crippen molar-refractivity contribution in [1.29, 1.82) is 0 Å². The second kappa shape index (κ2) is 10.6. The summed E-state index contributed by atoms with van der Waals surface area (Å²) < 4.78 is 18.8. The van der Waals surface area contributed by atoms with Crippen molar-refractivity contribution in [1.82, 2.24) is 4.57 Å². The van der Waals surface area contributed by atoms with Crippen LogP contribution in [0.2, 0.25) is 5.02 Å². The average Bonchev–Trinajstić information content (AvgIpc) is 3.38. The number of nitrogens with zero attached hydrogens (tertiary/aromatic N) is 2. The van der Waals surface area contributed by atoms with Gasteiger partial charge in [0.25, 0.3) is 11.5 Å². The molecule has 39 heavy (non-hydrogen) atoms. The number of carbonyl (C=O) groups is 2. The van der Waals surface area contributed by atoms with Crippen LogP contribution in [0.4, 0.5) is 5.69 Å². The minimum atomic E-state index is -0.919. The molecule has 202 valence electrons. The van der Waals surface area contributed by atoms with E-state index in [2.05, 4.69) is 26.2 Å². The van der Waals surface area contributed by atoms with Crippen molar-refractivity contribution in [3.05, 3.63) is 81.9 Å². The van der Waals surface area contributed by atoms with Gasteiger partial charge in [-0.05, 0) is 56.7 Å². The Morgan fingerprint density at radius 1 is 1.18 bits per heavy atom. The number of nitrogens with one attached hydrogen (secondary N) is 1. The molecule has 0 bridgehead atoms. The summed E-state index contributed by atoms with van der Waals surface area (Å²) in [6.07, 6.45) is 0. The number of ether oxygens (including phenoxy) is 3. The molecule has 2 aromatic carbocycles. The van der Waals surface area contributed by atoms with Gasteiger partial charge in [-0.25, -0.2) is 9.79 Å². The Labute approximate surface area is 240 Å². The standard InChI is InChI=1S/C27H23BrClN3O6S/c1-5-37-19-10-14(16(28)11-18(19)36-4)22-20(26(35)38-6-2)12(3)30-27-32(22)25(34)23(39-27)21-15-9-13(29)7-8-17(15)31-24(21)33/h7-11,22H,5-6H2,1-4H3,(H,31,33)/b23-21-/t22-/m0/s1. The zero-order valence-electron chi connectivity index (χ0n) is 21.4. The molecule has 0 saturated carbocycles. The number of rotatable bonds is 6. The van der Waals surface area contributed by atoms with Gasteiger partial charge in [0, 0.05) is 20.7 Å². The minimum absolute atomic E-state index is 0.141. The van der Waals surface area contributed by atoms with Gasteiger partial charge in [0.05, 0.1) is 43.2 Å². The van der Waals surface area contributed by atoms with Crippen LogP contribution in [0.5, 0.6) is 11.5 Å². The third-order valence-electron chi connectivity index (χ3n) is 6.32. The largest absolute Gasteiger partial charge is 0.493 e. The van der Waals surface area contributed by atoms with Gasteiger partial charge in [-0.2, -0.15) is 0 Å². The quantitative estimate of drug-likeness (QED) is 0.413. The van der Waals surface area contributed by atoms with E-state index in [0.29, 0.717) is 54.9 Å². The lowest BCUT2D eigenvalue weighted by atomic mass is 9.95. The van der Waals surface area contributed by atoms with E-state index < -0.39 is 23.5 Å². The molecule has 12 heteroatoms. The molecular weight excluding hydrogens is 610 g/mol. The van der Waals surface area contributed by atoms with E-state index in [-0.39, 0.29) is 22.3 Å². The van der Waals surface area contributed by atoms with Crippen LogP contribution < -0.4 is 29.7 Å². The number of allylic oxidation sites excluding steroid dienone is 1. The number of fused-ring (bicyclic) bond motifs is 2. The first-order valence-corrected chi connectivity index (χ1v) is 14.0. The summed E-state index contributed by atoms with van der Waals surface area (Å²) in [5.41, 5.74) is 1.98. The molecule has 3 aromatic rings. The summed E-state index contributed by atoms with van der Waals surface area (Å²) in [5.74, 6) is -0.0888. The maximum Gasteiger partial charge on any atom is 0.338 e. The molecule has 0 radical (unpaired) electrons. The lowest BCUT2D eigenvalue weighted by molar-refractivity contribution is -0.139. The smallest absolute Gasteiger partial charge is 0.338 e. The van der Waals surface area contributed by atoms with Gasteiger partial charge >= 0.3 is 5.97 Å². The number of hydrogen-bond acceptors (Lipinski definition) is 8. The molecule has 0 unspecified atom stereocenters. The highest BCUT2D eigenvalue weighted by Crippen LogP contribution is 2.41. The first-order valence-electron chi connectivity index (χ1n) is 12.0. The second-order valence-electron chi connectivity index (χ2n) is 8.60. The predicted molar refractivity (Wildman–Crippen MR) is 151 cm³/mol. The first kappa shape index (κ1) is 27.2. The Morgan fingerprint density at radius 2 is 1.95 bits per heavy atom. The minimum Gasteiger partial charge on any atom is -0.493 e. The molecule has 0 aliphatic carbocycles. The van der Waals surface area contributed by atoms with E-state index in [9.17, 15) is 14.4 Å². The second-order valence-corrected chi connectivity index (χ2v) is 10.9. The number of thiazole rings is 1.